The zero-order valence-electron chi connectivity index (χ0n) is 11.6. The second-order valence-corrected chi connectivity index (χ2v) is 4.72. The van der Waals surface area contributed by atoms with E-state index in [1.807, 2.05) is 0 Å². The molecule has 0 aliphatic rings. The molecule has 2 aromatic heterocycles. The van der Waals surface area contributed by atoms with Gasteiger partial charge >= 0.3 is 11.9 Å². The predicted octanol–water partition coefficient (Wildman–Crippen LogP) is 1.06. The van der Waals surface area contributed by atoms with Gasteiger partial charge in [0.1, 0.15) is 5.69 Å². The topological polar surface area (TPSA) is 170 Å². The monoisotopic (exact) mass is 332 g/mol. The predicted molar refractivity (Wildman–Crippen MR) is 77.5 cm³/mol. The van der Waals surface area contributed by atoms with Crippen LogP contribution in [0.25, 0.3) is 21.8 Å². The van der Waals surface area contributed by atoms with Crippen molar-refractivity contribution in [2.24, 2.45) is 0 Å². The number of aromatic nitrogens is 2. The number of ether oxygens (including phenoxy) is 1. The highest BCUT2D eigenvalue weighted by atomic mass is 16.5. The largest absolute Gasteiger partial charge is 0.504 e. The molecule has 0 radical (unpaired) electrons. The normalized spacial score (nSPS) is 10.8. The summed E-state index contributed by atoms with van der Waals surface area (Å²) in [5, 5.41) is 38.4. The van der Waals surface area contributed by atoms with E-state index in [0.717, 1.165) is 12.1 Å². The molecule has 0 aliphatic carbocycles. The third-order valence-electron chi connectivity index (χ3n) is 3.40. The van der Waals surface area contributed by atoms with Gasteiger partial charge in [-0.05, 0) is 6.07 Å². The Morgan fingerprint density at radius 1 is 1.12 bits per heavy atom. The van der Waals surface area contributed by atoms with Crippen molar-refractivity contribution in [2.45, 2.75) is 0 Å². The number of rotatable bonds is 4. The number of carboxylic acids is 2. The molecule has 3 aromatic rings. The Balaban J connectivity index is 2.56. The number of phenolic OH excluding ortho intramolecular Hbond substituents is 2. The lowest BCUT2D eigenvalue weighted by molar-refractivity contribution is -0.120. The van der Waals surface area contributed by atoms with Gasteiger partial charge in [-0.25, -0.2) is 14.6 Å². The zero-order chi connectivity index (χ0) is 17.6. The first-order valence-corrected chi connectivity index (χ1v) is 6.33. The Bertz CT molecular complexity index is 1040. The van der Waals surface area contributed by atoms with Gasteiger partial charge in [-0.1, -0.05) is 0 Å². The van der Waals surface area contributed by atoms with E-state index in [9.17, 15) is 29.7 Å². The van der Waals surface area contributed by atoms with Crippen LogP contribution in [0.2, 0.25) is 0 Å². The SMILES string of the molecule is O=COc1cc2c(O)c(O)c3[nH]c(C(=O)O)cc(C(=O)O)c3c2n1. The van der Waals surface area contributed by atoms with Crippen LogP contribution in [-0.4, -0.2) is 48.8 Å². The number of carbonyl (C=O) groups excluding carboxylic acids is 1. The molecule has 10 nitrogen and oxygen atoms in total. The van der Waals surface area contributed by atoms with Gasteiger partial charge in [-0.3, -0.25) is 4.79 Å². The number of carbonyl (C=O) groups is 3. The van der Waals surface area contributed by atoms with Crippen molar-refractivity contribution >= 4 is 40.2 Å². The first kappa shape index (κ1) is 15.1. The van der Waals surface area contributed by atoms with Gasteiger partial charge in [0, 0.05) is 11.5 Å². The summed E-state index contributed by atoms with van der Waals surface area (Å²) in [6, 6.07) is 1.99. The summed E-state index contributed by atoms with van der Waals surface area (Å²) in [5.41, 5.74) is -1.38. The molecule has 0 fully saturated rings. The highest BCUT2D eigenvalue weighted by Gasteiger charge is 2.24. The highest BCUT2D eigenvalue weighted by Crippen LogP contribution is 2.43. The maximum Gasteiger partial charge on any atom is 0.352 e. The van der Waals surface area contributed by atoms with Crippen LogP contribution >= 0.6 is 0 Å². The number of phenols is 2. The molecule has 1 aromatic carbocycles. The van der Waals surface area contributed by atoms with Gasteiger partial charge in [0.15, 0.2) is 11.5 Å². The number of nitrogens with one attached hydrogen (secondary N) is 1. The second kappa shape index (κ2) is 5.12. The molecule has 0 saturated heterocycles. The van der Waals surface area contributed by atoms with Crippen molar-refractivity contribution in [3.8, 4) is 17.4 Å². The number of pyridine rings is 1. The van der Waals surface area contributed by atoms with Crippen molar-refractivity contribution in [1.29, 1.82) is 0 Å². The van der Waals surface area contributed by atoms with Crippen LogP contribution in [0.3, 0.4) is 0 Å². The number of hydrogen-bond acceptors (Lipinski definition) is 7. The number of benzene rings is 1. The lowest BCUT2D eigenvalue weighted by Crippen LogP contribution is -2.06. The molecule has 2 heterocycles. The van der Waals surface area contributed by atoms with Crippen molar-refractivity contribution in [1.82, 2.24) is 9.97 Å². The Morgan fingerprint density at radius 2 is 1.83 bits per heavy atom. The summed E-state index contributed by atoms with van der Waals surface area (Å²) in [6.07, 6.45) is 0. The van der Waals surface area contributed by atoms with E-state index in [0.29, 0.717) is 0 Å². The molecule has 0 spiro atoms. The molecule has 0 bridgehead atoms. The lowest BCUT2D eigenvalue weighted by Gasteiger charge is -2.10. The molecule has 0 atom stereocenters. The number of aromatic amines is 1. The zero-order valence-corrected chi connectivity index (χ0v) is 11.6. The van der Waals surface area contributed by atoms with Crippen LogP contribution in [-0.2, 0) is 4.79 Å². The standard InChI is InChI=1S/C14H8N2O8/c17-3-24-7-2-5-9(16-7)8-4(13(20)21)1-6(14(22)23)15-10(8)12(19)11(5)18/h1-3,15,18-19H,(H,20,21)(H,22,23). The van der Waals surface area contributed by atoms with E-state index in [4.69, 9.17) is 5.11 Å². The van der Waals surface area contributed by atoms with Gasteiger partial charge in [0.05, 0.1) is 22.0 Å². The fourth-order valence-electron chi connectivity index (χ4n) is 2.41. The summed E-state index contributed by atoms with van der Waals surface area (Å²) < 4.78 is 4.56. The molecule has 10 heteroatoms. The van der Waals surface area contributed by atoms with E-state index in [1.165, 1.54) is 0 Å². The van der Waals surface area contributed by atoms with Gasteiger partial charge in [-0.15, -0.1) is 0 Å². The van der Waals surface area contributed by atoms with Crippen LogP contribution in [0.4, 0.5) is 0 Å². The van der Waals surface area contributed by atoms with Crippen LogP contribution in [0.5, 0.6) is 17.4 Å². The van der Waals surface area contributed by atoms with Crippen LogP contribution in [0.1, 0.15) is 20.8 Å². The smallest absolute Gasteiger partial charge is 0.352 e. The first-order valence-electron chi connectivity index (χ1n) is 6.33. The van der Waals surface area contributed by atoms with Gasteiger partial charge < -0.3 is 30.1 Å². The number of H-pyrrole nitrogens is 1. The number of hydrogen-bond donors (Lipinski definition) is 5. The Morgan fingerprint density at radius 3 is 2.42 bits per heavy atom. The van der Waals surface area contributed by atoms with Gasteiger partial charge in [-0.2, -0.15) is 0 Å². The van der Waals surface area contributed by atoms with Crippen molar-refractivity contribution < 1.29 is 39.5 Å². The van der Waals surface area contributed by atoms with Crippen LogP contribution < -0.4 is 4.74 Å². The van der Waals surface area contributed by atoms with E-state index < -0.39 is 34.7 Å². The minimum absolute atomic E-state index is 0.0594. The van der Waals surface area contributed by atoms with Crippen LogP contribution in [0.15, 0.2) is 12.1 Å². The summed E-state index contributed by atoms with van der Waals surface area (Å²) in [6.45, 7) is 0.0904. The van der Waals surface area contributed by atoms with Crippen molar-refractivity contribution in [2.75, 3.05) is 0 Å². The maximum atomic E-state index is 11.5. The number of aromatic hydroxyl groups is 2. The van der Waals surface area contributed by atoms with E-state index >= 15 is 0 Å². The lowest BCUT2D eigenvalue weighted by atomic mass is 10.0. The summed E-state index contributed by atoms with van der Waals surface area (Å²) in [4.78, 5) is 39.3. The summed E-state index contributed by atoms with van der Waals surface area (Å²) in [5.74, 6) is -4.57. The van der Waals surface area contributed by atoms with Crippen molar-refractivity contribution in [3.63, 3.8) is 0 Å². The molecule has 0 unspecified atom stereocenters. The third kappa shape index (κ3) is 2.05. The van der Waals surface area contributed by atoms with E-state index in [2.05, 4.69) is 14.7 Å². The molecular weight excluding hydrogens is 324 g/mol. The Hall–Kier alpha value is -3.82. The molecule has 5 N–H and O–H groups in total. The average Bonchev–Trinajstić information content (AvgIpc) is 2.95. The molecule has 0 aliphatic heterocycles. The number of carboxylic acid groups (broad SMARTS) is 2. The van der Waals surface area contributed by atoms with E-state index in [-0.39, 0.29) is 34.2 Å². The average molecular weight is 332 g/mol. The number of aromatic carboxylic acids is 2. The second-order valence-electron chi connectivity index (χ2n) is 4.72. The molecule has 122 valence electrons. The minimum atomic E-state index is -1.47. The molecular formula is C14H8N2O8. The molecule has 3 rings (SSSR count). The number of fused-ring (bicyclic) bond motifs is 3. The number of nitrogens with zero attached hydrogens (tertiary/aromatic N) is 1. The van der Waals surface area contributed by atoms with Gasteiger partial charge in [0.25, 0.3) is 6.47 Å². The fourth-order valence-corrected chi connectivity index (χ4v) is 2.41. The molecule has 0 amide bonds. The quantitative estimate of drug-likeness (QED) is 0.346. The summed E-state index contributed by atoms with van der Waals surface area (Å²) >= 11 is 0. The highest BCUT2D eigenvalue weighted by molar-refractivity contribution is 6.19. The van der Waals surface area contributed by atoms with Crippen molar-refractivity contribution in [3.05, 3.63) is 23.4 Å². The molecule has 0 saturated carbocycles. The minimum Gasteiger partial charge on any atom is -0.504 e. The first-order chi connectivity index (χ1) is 11.3. The Labute approximate surface area is 131 Å². The van der Waals surface area contributed by atoms with Crippen LogP contribution in [0, 0.1) is 0 Å². The van der Waals surface area contributed by atoms with E-state index in [1.54, 1.807) is 0 Å². The fraction of sp³-hybridized carbons (Fsp3) is 0. The Kier molecular flexibility index (Phi) is 3.22. The molecule has 24 heavy (non-hydrogen) atoms. The summed E-state index contributed by atoms with van der Waals surface area (Å²) in [7, 11) is 0. The third-order valence-corrected chi connectivity index (χ3v) is 3.40. The maximum absolute atomic E-state index is 11.5. The van der Waals surface area contributed by atoms with Gasteiger partial charge in [0.2, 0.25) is 5.88 Å².